The van der Waals surface area contributed by atoms with E-state index in [1.54, 1.807) is 55.0 Å². The summed E-state index contributed by atoms with van der Waals surface area (Å²) < 4.78 is 11.2. The first-order valence-electron chi connectivity index (χ1n) is 11.2. The fourth-order valence-electron chi connectivity index (χ4n) is 3.13. The van der Waals surface area contributed by atoms with Crippen LogP contribution in [0.2, 0.25) is 0 Å². The number of esters is 1. The summed E-state index contributed by atoms with van der Waals surface area (Å²) in [5.74, 6) is 0.837. The van der Waals surface area contributed by atoms with Crippen molar-refractivity contribution in [2.24, 2.45) is 4.99 Å². The van der Waals surface area contributed by atoms with Crippen LogP contribution in [0.5, 0.6) is 11.5 Å². The van der Waals surface area contributed by atoms with Crippen LogP contribution in [0.1, 0.15) is 61.4 Å². The van der Waals surface area contributed by atoms with Gasteiger partial charge in [-0.15, -0.1) is 0 Å². The normalized spacial score (nSPS) is 10.9. The summed E-state index contributed by atoms with van der Waals surface area (Å²) in [6, 6.07) is 17.9. The second-order valence-corrected chi connectivity index (χ2v) is 7.57. The standard InChI is InChI=1S/C27H30N2O3/c1-2-3-4-5-6-7-19-31-25-14-10-23(11-15-25)27(30)32-26-16-12-24(13-17-26)29-21-22-9-8-18-28-20-22/h8-18,20-21H,2-7,19H2,1H3. The molecule has 0 aliphatic heterocycles. The summed E-state index contributed by atoms with van der Waals surface area (Å²) in [6.07, 6.45) is 12.6. The Morgan fingerprint density at radius 2 is 1.62 bits per heavy atom. The molecule has 0 saturated carbocycles. The number of aromatic nitrogens is 1. The molecule has 1 heterocycles. The molecule has 0 radical (unpaired) electrons. The second kappa shape index (κ2) is 13.1. The van der Waals surface area contributed by atoms with E-state index in [1.807, 2.05) is 24.3 Å². The second-order valence-electron chi connectivity index (χ2n) is 7.57. The van der Waals surface area contributed by atoms with Crippen molar-refractivity contribution < 1.29 is 14.3 Å². The Hall–Kier alpha value is -3.47. The van der Waals surface area contributed by atoms with Crippen LogP contribution in [-0.4, -0.2) is 23.8 Å². The number of unbranched alkanes of at least 4 members (excludes halogenated alkanes) is 5. The molecule has 0 saturated heterocycles. The van der Waals surface area contributed by atoms with Gasteiger partial charge in [0.15, 0.2) is 0 Å². The van der Waals surface area contributed by atoms with Crippen molar-refractivity contribution in [1.82, 2.24) is 4.98 Å². The number of rotatable bonds is 12. The van der Waals surface area contributed by atoms with E-state index in [1.165, 1.54) is 32.1 Å². The minimum atomic E-state index is -0.404. The van der Waals surface area contributed by atoms with Gasteiger partial charge in [0.1, 0.15) is 11.5 Å². The molecule has 0 amide bonds. The Bertz CT molecular complexity index is 968. The smallest absolute Gasteiger partial charge is 0.343 e. The van der Waals surface area contributed by atoms with Crippen LogP contribution in [0.15, 0.2) is 78.0 Å². The molecular formula is C27H30N2O3. The molecule has 2 aromatic carbocycles. The first kappa shape index (κ1) is 23.2. The molecule has 0 atom stereocenters. The quantitative estimate of drug-likeness (QED) is 0.137. The zero-order chi connectivity index (χ0) is 22.4. The summed E-state index contributed by atoms with van der Waals surface area (Å²) in [5.41, 5.74) is 2.17. The number of hydrogen-bond donors (Lipinski definition) is 0. The lowest BCUT2D eigenvalue weighted by molar-refractivity contribution is 0.0734. The average molecular weight is 431 g/mol. The van der Waals surface area contributed by atoms with Crippen LogP contribution in [0.4, 0.5) is 5.69 Å². The molecule has 0 N–H and O–H groups in total. The highest BCUT2D eigenvalue weighted by Crippen LogP contribution is 2.20. The number of nitrogens with zero attached hydrogens (tertiary/aromatic N) is 2. The molecule has 5 nitrogen and oxygen atoms in total. The molecule has 0 aliphatic rings. The topological polar surface area (TPSA) is 60.8 Å². The summed E-state index contributed by atoms with van der Waals surface area (Å²) in [6.45, 7) is 2.92. The Morgan fingerprint density at radius 1 is 0.906 bits per heavy atom. The Kier molecular flexibility index (Phi) is 9.46. The largest absolute Gasteiger partial charge is 0.494 e. The molecule has 166 valence electrons. The van der Waals surface area contributed by atoms with E-state index < -0.39 is 5.97 Å². The third-order valence-corrected chi connectivity index (χ3v) is 4.95. The van der Waals surface area contributed by atoms with Crippen molar-refractivity contribution in [1.29, 1.82) is 0 Å². The van der Waals surface area contributed by atoms with Crippen molar-refractivity contribution in [3.63, 3.8) is 0 Å². The summed E-state index contributed by atoms with van der Waals surface area (Å²) >= 11 is 0. The van der Waals surface area contributed by atoms with Crippen molar-refractivity contribution in [3.8, 4) is 11.5 Å². The molecule has 0 bridgehead atoms. The number of carbonyl (C=O) groups is 1. The lowest BCUT2D eigenvalue weighted by atomic mass is 10.1. The molecular weight excluding hydrogens is 400 g/mol. The van der Waals surface area contributed by atoms with Gasteiger partial charge in [0.05, 0.1) is 17.9 Å². The van der Waals surface area contributed by atoms with Crippen molar-refractivity contribution in [2.75, 3.05) is 6.61 Å². The van der Waals surface area contributed by atoms with Gasteiger partial charge in [-0.3, -0.25) is 9.98 Å². The predicted octanol–water partition coefficient (Wildman–Crippen LogP) is 6.79. The Labute approximate surface area is 190 Å². The zero-order valence-electron chi connectivity index (χ0n) is 18.6. The number of pyridine rings is 1. The molecule has 32 heavy (non-hydrogen) atoms. The minimum Gasteiger partial charge on any atom is -0.494 e. The lowest BCUT2D eigenvalue weighted by Gasteiger charge is -2.08. The van der Waals surface area contributed by atoms with Crippen LogP contribution in [-0.2, 0) is 0 Å². The minimum absolute atomic E-state index is 0.404. The van der Waals surface area contributed by atoms with Gasteiger partial charge in [0.25, 0.3) is 0 Å². The summed E-state index contributed by atoms with van der Waals surface area (Å²) in [4.78, 5) is 20.9. The molecule has 0 spiro atoms. The van der Waals surface area contributed by atoms with Gasteiger partial charge in [0.2, 0.25) is 0 Å². The SMILES string of the molecule is CCCCCCCCOc1ccc(C(=O)Oc2ccc(N=Cc3cccnc3)cc2)cc1. The van der Waals surface area contributed by atoms with E-state index >= 15 is 0 Å². The highest BCUT2D eigenvalue weighted by Gasteiger charge is 2.09. The maximum atomic E-state index is 12.4. The summed E-state index contributed by atoms with van der Waals surface area (Å²) in [7, 11) is 0. The number of ether oxygens (including phenoxy) is 2. The van der Waals surface area contributed by atoms with Gasteiger partial charge in [0, 0.05) is 24.2 Å². The molecule has 0 unspecified atom stereocenters. The number of hydrogen-bond acceptors (Lipinski definition) is 5. The lowest BCUT2D eigenvalue weighted by Crippen LogP contribution is -2.08. The number of benzene rings is 2. The van der Waals surface area contributed by atoms with E-state index in [0.29, 0.717) is 17.9 Å². The van der Waals surface area contributed by atoms with E-state index in [-0.39, 0.29) is 0 Å². The Balaban J connectivity index is 1.43. The number of aliphatic imine (C=N–C) groups is 1. The monoisotopic (exact) mass is 430 g/mol. The predicted molar refractivity (Wildman–Crippen MR) is 128 cm³/mol. The van der Waals surface area contributed by atoms with Crippen molar-refractivity contribution in [2.45, 2.75) is 45.4 Å². The van der Waals surface area contributed by atoms with E-state index in [0.717, 1.165) is 23.4 Å². The Morgan fingerprint density at radius 3 is 2.34 bits per heavy atom. The van der Waals surface area contributed by atoms with E-state index in [9.17, 15) is 4.79 Å². The average Bonchev–Trinajstić information content (AvgIpc) is 2.84. The molecule has 5 heteroatoms. The van der Waals surface area contributed by atoms with Crippen LogP contribution < -0.4 is 9.47 Å². The van der Waals surface area contributed by atoms with Crippen LogP contribution in [0.25, 0.3) is 0 Å². The van der Waals surface area contributed by atoms with Crippen molar-refractivity contribution in [3.05, 3.63) is 84.2 Å². The third kappa shape index (κ3) is 7.99. The molecule has 0 fully saturated rings. The number of carbonyl (C=O) groups excluding carboxylic acids is 1. The van der Waals surface area contributed by atoms with E-state index in [2.05, 4.69) is 16.9 Å². The van der Waals surface area contributed by atoms with Crippen LogP contribution >= 0.6 is 0 Å². The molecule has 0 aliphatic carbocycles. The molecule has 3 rings (SSSR count). The highest BCUT2D eigenvalue weighted by molar-refractivity contribution is 5.91. The fourth-order valence-corrected chi connectivity index (χ4v) is 3.13. The van der Waals surface area contributed by atoms with Crippen molar-refractivity contribution >= 4 is 17.9 Å². The fraction of sp³-hybridized carbons (Fsp3) is 0.296. The van der Waals surface area contributed by atoms with Gasteiger partial charge in [-0.25, -0.2) is 4.79 Å². The maximum Gasteiger partial charge on any atom is 0.343 e. The third-order valence-electron chi connectivity index (χ3n) is 4.95. The van der Waals surface area contributed by atoms with Crippen LogP contribution in [0.3, 0.4) is 0 Å². The van der Waals surface area contributed by atoms with Gasteiger partial charge in [-0.2, -0.15) is 0 Å². The summed E-state index contributed by atoms with van der Waals surface area (Å²) in [5, 5.41) is 0. The van der Waals surface area contributed by atoms with Gasteiger partial charge in [-0.1, -0.05) is 45.1 Å². The van der Waals surface area contributed by atoms with Crippen LogP contribution in [0, 0.1) is 0 Å². The van der Waals surface area contributed by atoms with Gasteiger partial charge in [-0.05, 0) is 61.0 Å². The first-order chi connectivity index (χ1) is 15.7. The van der Waals surface area contributed by atoms with Gasteiger partial charge < -0.3 is 9.47 Å². The van der Waals surface area contributed by atoms with Gasteiger partial charge >= 0.3 is 5.97 Å². The molecule has 1 aromatic heterocycles. The van der Waals surface area contributed by atoms with E-state index in [4.69, 9.17) is 9.47 Å². The zero-order valence-corrected chi connectivity index (χ0v) is 18.6. The first-order valence-corrected chi connectivity index (χ1v) is 11.2. The highest BCUT2D eigenvalue weighted by atomic mass is 16.5. The maximum absolute atomic E-state index is 12.4. The molecule has 3 aromatic rings.